The van der Waals surface area contributed by atoms with Gasteiger partial charge in [-0.05, 0) is 13.2 Å². The number of nitrogens with one attached hydrogen (secondary N) is 1. The third kappa shape index (κ3) is 1.48. The van der Waals surface area contributed by atoms with Crippen LogP contribution in [0, 0.1) is 0 Å². The molecule has 62 valence electrons. The van der Waals surface area contributed by atoms with Crippen LogP contribution in [0.25, 0.3) is 0 Å². The van der Waals surface area contributed by atoms with Crippen LogP contribution in [0.15, 0.2) is 5.10 Å². The number of carbonyl (C=O) groups excluding carboxylic acids is 1. The van der Waals surface area contributed by atoms with Crippen LogP contribution in [0.3, 0.4) is 0 Å². The van der Waals surface area contributed by atoms with E-state index in [1.54, 1.807) is 0 Å². The molecule has 0 saturated heterocycles. The summed E-state index contributed by atoms with van der Waals surface area (Å²) in [6, 6.07) is 0. The van der Waals surface area contributed by atoms with Gasteiger partial charge >= 0.3 is 0 Å². The number of likely N-dealkylation sites (N-methyl/N-ethyl adjacent to an activating group) is 1. The smallest absolute Gasteiger partial charge is 0.184 e. The van der Waals surface area contributed by atoms with Crippen molar-refractivity contribution in [1.29, 1.82) is 0 Å². The van der Waals surface area contributed by atoms with Crippen LogP contribution in [0.1, 0.15) is 6.92 Å². The molecule has 4 nitrogen and oxygen atoms in total. The van der Waals surface area contributed by atoms with Gasteiger partial charge in [-0.2, -0.15) is 5.10 Å². The molecule has 0 saturated carbocycles. The molecule has 1 unspecified atom stereocenters. The second-order valence-electron chi connectivity index (χ2n) is 2.09. The molecule has 1 aliphatic rings. The highest BCUT2D eigenvalue weighted by Gasteiger charge is 2.24. The van der Waals surface area contributed by atoms with Crippen LogP contribution in [-0.4, -0.2) is 35.3 Å². The largest absolute Gasteiger partial charge is 0.322 e. The molecule has 1 aliphatic heterocycles. The Balaban J connectivity index is 2.64. The fraction of sp³-hybridized carbons (Fsp3) is 0.667. The van der Waals surface area contributed by atoms with Gasteiger partial charge in [0, 0.05) is 6.54 Å². The van der Waals surface area contributed by atoms with Crippen molar-refractivity contribution in [3.8, 4) is 0 Å². The molecule has 5 heteroatoms. The summed E-state index contributed by atoms with van der Waals surface area (Å²) in [6.45, 7) is 2.80. The molecule has 0 aromatic rings. The Bertz CT molecular complexity index is 183. The summed E-state index contributed by atoms with van der Waals surface area (Å²) < 4.78 is 0. The first-order chi connectivity index (χ1) is 5.33. The van der Waals surface area contributed by atoms with Gasteiger partial charge < -0.3 is 4.90 Å². The van der Waals surface area contributed by atoms with Crippen molar-refractivity contribution in [3.05, 3.63) is 0 Å². The van der Waals surface area contributed by atoms with Gasteiger partial charge in [-0.15, -0.1) is 0 Å². The van der Waals surface area contributed by atoms with E-state index in [4.69, 9.17) is 0 Å². The van der Waals surface area contributed by atoms with Crippen LogP contribution in [0.2, 0.25) is 0 Å². The highest BCUT2D eigenvalue weighted by atomic mass is 32.2. The number of carbonyl (C=O) groups is 1. The fourth-order valence-electron chi connectivity index (χ4n) is 0.973. The molecule has 0 spiro atoms. The molecular formula is C6H11N3OS. The summed E-state index contributed by atoms with van der Waals surface area (Å²) in [5.41, 5.74) is 2.73. The summed E-state index contributed by atoms with van der Waals surface area (Å²) in [5.74, 6) is 0. The van der Waals surface area contributed by atoms with Crippen molar-refractivity contribution < 1.29 is 4.79 Å². The zero-order valence-corrected chi connectivity index (χ0v) is 7.39. The molecule has 1 rings (SSSR count). The lowest BCUT2D eigenvalue weighted by Crippen LogP contribution is -2.40. The number of rotatable bonds is 2. The number of hydrogen-bond acceptors (Lipinski definition) is 5. The number of thioether (sulfide) groups is 1. The van der Waals surface area contributed by atoms with Crippen molar-refractivity contribution in [1.82, 2.24) is 10.3 Å². The molecule has 1 atom stereocenters. The number of hydrazone groups is 1. The van der Waals surface area contributed by atoms with Crippen LogP contribution < -0.4 is 5.43 Å². The van der Waals surface area contributed by atoms with Crippen molar-refractivity contribution in [2.24, 2.45) is 5.10 Å². The Morgan fingerprint density at radius 2 is 2.64 bits per heavy atom. The van der Waals surface area contributed by atoms with E-state index in [-0.39, 0.29) is 6.17 Å². The highest BCUT2D eigenvalue weighted by Crippen LogP contribution is 2.11. The average Bonchev–Trinajstić information content (AvgIpc) is 2.45. The van der Waals surface area contributed by atoms with Gasteiger partial charge in [0.2, 0.25) is 0 Å². The van der Waals surface area contributed by atoms with Crippen LogP contribution in [0.4, 0.5) is 0 Å². The zero-order chi connectivity index (χ0) is 8.27. The van der Waals surface area contributed by atoms with E-state index in [1.807, 2.05) is 18.1 Å². The van der Waals surface area contributed by atoms with E-state index in [0.29, 0.717) is 0 Å². The third-order valence-corrected chi connectivity index (χ3v) is 2.22. The van der Waals surface area contributed by atoms with Crippen LogP contribution >= 0.6 is 11.8 Å². The molecule has 0 amide bonds. The Morgan fingerprint density at radius 3 is 3.09 bits per heavy atom. The summed E-state index contributed by atoms with van der Waals surface area (Å²) >= 11 is 1.54. The van der Waals surface area contributed by atoms with E-state index >= 15 is 0 Å². The summed E-state index contributed by atoms with van der Waals surface area (Å²) in [5, 5.41) is 4.86. The molecule has 1 heterocycles. The first-order valence-electron chi connectivity index (χ1n) is 3.42. The maximum absolute atomic E-state index is 10.5. The summed E-state index contributed by atoms with van der Waals surface area (Å²) in [4.78, 5) is 12.4. The lowest BCUT2D eigenvalue weighted by Gasteiger charge is -2.19. The van der Waals surface area contributed by atoms with Gasteiger partial charge in [0.25, 0.3) is 0 Å². The maximum Gasteiger partial charge on any atom is 0.184 e. The minimum Gasteiger partial charge on any atom is -0.322 e. The Labute approximate surface area is 70.0 Å². The average molecular weight is 173 g/mol. The Hall–Kier alpha value is -0.710. The molecule has 0 aromatic heterocycles. The van der Waals surface area contributed by atoms with Gasteiger partial charge in [0.15, 0.2) is 17.6 Å². The standard InChI is InChI=1S/C6H11N3OS/c1-3-9-5(4-10)7-8-6(9)11-2/h4-5,7H,3H2,1-2H3. The highest BCUT2D eigenvalue weighted by molar-refractivity contribution is 8.13. The molecule has 0 radical (unpaired) electrons. The monoisotopic (exact) mass is 173 g/mol. The molecule has 0 bridgehead atoms. The van der Waals surface area contributed by atoms with E-state index in [9.17, 15) is 4.79 Å². The van der Waals surface area contributed by atoms with E-state index in [1.165, 1.54) is 11.8 Å². The fourth-order valence-corrected chi connectivity index (χ4v) is 1.59. The molecular weight excluding hydrogens is 162 g/mol. The summed E-state index contributed by atoms with van der Waals surface area (Å²) in [7, 11) is 0. The SMILES string of the molecule is CCN1C(SC)=NNC1C=O. The Morgan fingerprint density at radius 1 is 1.91 bits per heavy atom. The van der Waals surface area contributed by atoms with Gasteiger partial charge in [0.1, 0.15) is 0 Å². The maximum atomic E-state index is 10.5. The van der Waals surface area contributed by atoms with E-state index in [0.717, 1.165) is 18.0 Å². The van der Waals surface area contributed by atoms with Gasteiger partial charge in [-0.1, -0.05) is 11.8 Å². The predicted molar refractivity (Wildman–Crippen MR) is 46.3 cm³/mol. The van der Waals surface area contributed by atoms with E-state index < -0.39 is 0 Å². The molecule has 0 aliphatic carbocycles. The number of hydrogen-bond donors (Lipinski definition) is 1. The second-order valence-corrected chi connectivity index (χ2v) is 2.87. The van der Waals surface area contributed by atoms with Gasteiger partial charge in [-0.3, -0.25) is 10.2 Å². The number of amidine groups is 1. The van der Waals surface area contributed by atoms with Gasteiger partial charge in [0.05, 0.1) is 0 Å². The number of aldehydes is 1. The van der Waals surface area contributed by atoms with Crippen molar-refractivity contribution in [3.63, 3.8) is 0 Å². The Kier molecular flexibility index (Phi) is 2.76. The summed E-state index contributed by atoms with van der Waals surface area (Å²) in [6.07, 6.45) is 2.54. The molecule has 1 N–H and O–H groups in total. The van der Waals surface area contributed by atoms with Crippen LogP contribution in [0.5, 0.6) is 0 Å². The van der Waals surface area contributed by atoms with Crippen molar-refractivity contribution >= 4 is 23.2 Å². The minimum absolute atomic E-state index is 0.262. The topological polar surface area (TPSA) is 44.7 Å². The minimum atomic E-state index is -0.262. The first-order valence-corrected chi connectivity index (χ1v) is 4.65. The zero-order valence-electron chi connectivity index (χ0n) is 6.57. The van der Waals surface area contributed by atoms with Gasteiger partial charge in [-0.25, -0.2) is 0 Å². The lowest BCUT2D eigenvalue weighted by molar-refractivity contribution is -0.111. The van der Waals surface area contributed by atoms with Crippen molar-refractivity contribution in [2.45, 2.75) is 13.1 Å². The normalized spacial score (nSPS) is 22.9. The lowest BCUT2D eigenvalue weighted by atomic mass is 10.5. The van der Waals surface area contributed by atoms with E-state index in [2.05, 4.69) is 10.5 Å². The molecule has 11 heavy (non-hydrogen) atoms. The third-order valence-electron chi connectivity index (χ3n) is 1.53. The molecule has 0 aromatic carbocycles. The predicted octanol–water partition coefficient (Wildman–Crippen LogP) is 0.0705. The quantitative estimate of drug-likeness (QED) is 0.600. The van der Waals surface area contributed by atoms with Crippen molar-refractivity contribution in [2.75, 3.05) is 12.8 Å². The molecule has 0 fully saturated rings. The second kappa shape index (κ2) is 3.61. The number of nitrogens with zero attached hydrogens (tertiary/aromatic N) is 2. The first kappa shape index (κ1) is 8.39. The van der Waals surface area contributed by atoms with Crippen LogP contribution in [-0.2, 0) is 4.79 Å².